The molecule has 2 aromatic rings. The fourth-order valence-electron chi connectivity index (χ4n) is 2.53. The predicted molar refractivity (Wildman–Crippen MR) is 76.9 cm³/mol. The summed E-state index contributed by atoms with van der Waals surface area (Å²) >= 11 is 0. The van der Waals surface area contributed by atoms with E-state index < -0.39 is 0 Å². The summed E-state index contributed by atoms with van der Waals surface area (Å²) in [5, 5.41) is 9.60. The van der Waals surface area contributed by atoms with Gasteiger partial charge in [-0.3, -0.25) is 0 Å². The van der Waals surface area contributed by atoms with Crippen LogP contribution in [0.25, 0.3) is 5.65 Å². The van der Waals surface area contributed by atoms with Crippen molar-refractivity contribution in [3.8, 4) is 0 Å². The molecule has 0 unspecified atom stereocenters. The van der Waals surface area contributed by atoms with Crippen molar-refractivity contribution in [3.63, 3.8) is 0 Å². The third-order valence-corrected chi connectivity index (χ3v) is 3.92. The van der Waals surface area contributed by atoms with Crippen molar-refractivity contribution in [2.24, 2.45) is 5.92 Å². The Labute approximate surface area is 117 Å². The fourth-order valence-corrected chi connectivity index (χ4v) is 2.53. The number of aromatic amines is 1. The first-order chi connectivity index (χ1) is 9.72. The number of hydrogen-bond acceptors (Lipinski definition) is 5. The van der Waals surface area contributed by atoms with E-state index in [2.05, 4.69) is 32.3 Å². The quantitative estimate of drug-likeness (QED) is 0.853. The number of piperidine rings is 1. The van der Waals surface area contributed by atoms with Crippen LogP contribution in [-0.2, 0) is 0 Å². The van der Waals surface area contributed by atoms with Gasteiger partial charge in [0.1, 0.15) is 12.1 Å². The lowest BCUT2D eigenvalue weighted by Gasteiger charge is -2.30. The van der Waals surface area contributed by atoms with Gasteiger partial charge in [0, 0.05) is 19.2 Å². The number of nitrogens with zero attached hydrogens (tertiary/aromatic N) is 4. The molecule has 7 heteroatoms. The van der Waals surface area contributed by atoms with E-state index >= 15 is 0 Å². The second-order valence-electron chi connectivity index (χ2n) is 5.48. The van der Waals surface area contributed by atoms with E-state index in [-0.39, 0.29) is 5.69 Å². The summed E-state index contributed by atoms with van der Waals surface area (Å²) in [6, 6.07) is 1.77. The van der Waals surface area contributed by atoms with Gasteiger partial charge in [0.15, 0.2) is 5.65 Å². The Kier molecular flexibility index (Phi) is 3.68. The van der Waals surface area contributed by atoms with E-state index in [1.807, 2.05) is 0 Å². The Morgan fingerprint density at radius 2 is 2.25 bits per heavy atom. The van der Waals surface area contributed by atoms with Crippen molar-refractivity contribution in [2.45, 2.75) is 19.8 Å². The highest BCUT2D eigenvalue weighted by molar-refractivity contribution is 5.48. The van der Waals surface area contributed by atoms with E-state index in [1.54, 1.807) is 6.07 Å². The smallest absolute Gasteiger partial charge is 0.348 e. The molecule has 0 atom stereocenters. The SMILES string of the molecule is CC1CCN(CCNc2cc3n[nH]c(=O)n3cn2)CC1. The average Bonchev–Trinajstić information content (AvgIpc) is 2.82. The summed E-state index contributed by atoms with van der Waals surface area (Å²) in [6.07, 6.45) is 4.08. The average molecular weight is 276 g/mol. The molecule has 20 heavy (non-hydrogen) atoms. The van der Waals surface area contributed by atoms with Crippen LogP contribution in [0.15, 0.2) is 17.2 Å². The predicted octanol–water partition coefficient (Wildman–Crippen LogP) is 0.561. The Morgan fingerprint density at radius 1 is 1.45 bits per heavy atom. The van der Waals surface area contributed by atoms with Crippen LogP contribution in [0.2, 0.25) is 0 Å². The van der Waals surface area contributed by atoms with E-state index in [0.717, 1.165) is 24.8 Å². The lowest BCUT2D eigenvalue weighted by molar-refractivity contribution is 0.199. The van der Waals surface area contributed by atoms with E-state index in [1.165, 1.54) is 36.7 Å². The van der Waals surface area contributed by atoms with Gasteiger partial charge in [0.2, 0.25) is 0 Å². The molecule has 0 spiro atoms. The van der Waals surface area contributed by atoms with Gasteiger partial charge < -0.3 is 10.2 Å². The third kappa shape index (κ3) is 2.82. The minimum Gasteiger partial charge on any atom is -0.369 e. The van der Waals surface area contributed by atoms with Crippen molar-refractivity contribution in [1.82, 2.24) is 24.5 Å². The maximum atomic E-state index is 11.3. The first-order valence-electron chi connectivity index (χ1n) is 7.11. The number of hydrogen-bond donors (Lipinski definition) is 2. The number of aromatic nitrogens is 4. The van der Waals surface area contributed by atoms with Gasteiger partial charge in [-0.05, 0) is 31.8 Å². The van der Waals surface area contributed by atoms with Crippen LogP contribution in [0.5, 0.6) is 0 Å². The highest BCUT2D eigenvalue weighted by Crippen LogP contribution is 2.15. The molecule has 3 heterocycles. The highest BCUT2D eigenvalue weighted by Gasteiger charge is 2.14. The summed E-state index contributed by atoms with van der Waals surface area (Å²) in [7, 11) is 0. The molecule has 1 saturated heterocycles. The molecule has 0 bridgehead atoms. The van der Waals surface area contributed by atoms with Crippen molar-refractivity contribution in [1.29, 1.82) is 0 Å². The number of fused-ring (bicyclic) bond motifs is 1. The second kappa shape index (κ2) is 5.62. The van der Waals surface area contributed by atoms with Gasteiger partial charge in [-0.1, -0.05) is 6.92 Å². The highest BCUT2D eigenvalue weighted by atomic mass is 16.1. The molecule has 1 fully saturated rings. The number of rotatable bonds is 4. The summed E-state index contributed by atoms with van der Waals surface area (Å²) in [6.45, 7) is 6.56. The number of nitrogens with one attached hydrogen (secondary N) is 2. The topological polar surface area (TPSA) is 78.3 Å². The van der Waals surface area contributed by atoms with Gasteiger partial charge in [-0.25, -0.2) is 19.3 Å². The molecule has 3 rings (SSSR count). The first-order valence-corrected chi connectivity index (χ1v) is 7.11. The number of H-pyrrole nitrogens is 1. The van der Waals surface area contributed by atoms with E-state index in [9.17, 15) is 4.79 Å². The summed E-state index contributed by atoms with van der Waals surface area (Å²) in [5.74, 6) is 1.61. The van der Waals surface area contributed by atoms with Gasteiger partial charge in [0.25, 0.3) is 0 Å². The Hall–Kier alpha value is -1.89. The van der Waals surface area contributed by atoms with Gasteiger partial charge in [-0.15, -0.1) is 0 Å². The molecule has 0 radical (unpaired) electrons. The van der Waals surface area contributed by atoms with Crippen LogP contribution in [-0.4, -0.2) is 50.7 Å². The van der Waals surface area contributed by atoms with Crippen molar-refractivity contribution < 1.29 is 0 Å². The Bertz CT molecular complexity index is 625. The molecule has 1 aliphatic rings. The molecule has 2 aromatic heterocycles. The first kappa shape index (κ1) is 13.1. The maximum absolute atomic E-state index is 11.3. The molecule has 0 aliphatic carbocycles. The zero-order valence-electron chi connectivity index (χ0n) is 11.7. The van der Waals surface area contributed by atoms with Gasteiger partial charge in [0.05, 0.1) is 0 Å². The summed E-state index contributed by atoms with van der Waals surface area (Å²) in [4.78, 5) is 18.0. The van der Waals surface area contributed by atoms with Gasteiger partial charge in [-0.2, -0.15) is 5.10 Å². The zero-order valence-corrected chi connectivity index (χ0v) is 11.7. The minimum absolute atomic E-state index is 0.263. The van der Waals surface area contributed by atoms with Crippen LogP contribution in [0, 0.1) is 5.92 Å². The van der Waals surface area contributed by atoms with Crippen LogP contribution in [0.4, 0.5) is 5.82 Å². The van der Waals surface area contributed by atoms with Crippen LogP contribution >= 0.6 is 0 Å². The zero-order chi connectivity index (χ0) is 13.9. The van der Waals surface area contributed by atoms with E-state index in [0.29, 0.717) is 5.65 Å². The standard InChI is InChI=1S/C13H20N6O/c1-10-2-5-18(6-3-10)7-4-14-11-8-12-16-17-13(20)19(12)9-15-11/h8-10,14H,2-7H2,1H3,(H,17,20). The van der Waals surface area contributed by atoms with Crippen LogP contribution < -0.4 is 11.0 Å². The van der Waals surface area contributed by atoms with Crippen LogP contribution in [0.1, 0.15) is 19.8 Å². The molecule has 7 nitrogen and oxygen atoms in total. The minimum atomic E-state index is -0.263. The fraction of sp³-hybridized carbons (Fsp3) is 0.615. The van der Waals surface area contributed by atoms with Gasteiger partial charge >= 0.3 is 5.69 Å². The van der Waals surface area contributed by atoms with Crippen LogP contribution in [0.3, 0.4) is 0 Å². The second-order valence-corrected chi connectivity index (χ2v) is 5.48. The normalized spacial score (nSPS) is 17.6. The molecule has 1 aliphatic heterocycles. The Morgan fingerprint density at radius 3 is 3.05 bits per heavy atom. The Balaban J connectivity index is 1.53. The largest absolute Gasteiger partial charge is 0.369 e. The summed E-state index contributed by atoms with van der Waals surface area (Å²) in [5.41, 5.74) is 0.320. The van der Waals surface area contributed by atoms with E-state index in [4.69, 9.17) is 0 Å². The number of anilines is 1. The maximum Gasteiger partial charge on any atom is 0.348 e. The number of likely N-dealkylation sites (tertiary alicyclic amines) is 1. The third-order valence-electron chi connectivity index (χ3n) is 3.92. The summed E-state index contributed by atoms with van der Waals surface area (Å²) < 4.78 is 1.39. The molecule has 108 valence electrons. The van der Waals surface area contributed by atoms with Crippen molar-refractivity contribution >= 4 is 11.5 Å². The molecular weight excluding hydrogens is 256 g/mol. The monoisotopic (exact) mass is 276 g/mol. The molecule has 0 aromatic carbocycles. The van der Waals surface area contributed by atoms with Crippen molar-refractivity contribution in [3.05, 3.63) is 22.9 Å². The molecule has 0 amide bonds. The molecule has 0 saturated carbocycles. The lowest BCUT2D eigenvalue weighted by Crippen LogP contribution is -2.36. The lowest BCUT2D eigenvalue weighted by atomic mass is 9.99. The van der Waals surface area contributed by atoms with Crippen molar-refractivity contribution in [2.75, 3.05) is 31.5 Å². The molecular formula is C13H20N6O. The molecule has 2 N–H and O–H groups in total.